The molecule has 41 heteroatoms. The fraction of sp³-hybridized carbons (Fsp3) is 0.489. The second-order valence-electron chi connectivity index (χ2n) is 31.9. The summed E-state index contributed by atoms with van der Waals surface area (Å²) in [6.07, 6.45) is -4.52. The van der Waals surface area contributed by atoms with Gasteiger partial charge in [0.1, 0.15) is 65.9 Å². The number of aromatic hydroxyl groups is 2. The third-order valence-electron chi connectivity index (χ3n) is 21.0. The van der Waals surface area contributed by atoms with E-state index in [1.807, 2.05) is 54.0 Å². The van der Waals surface area contributed by atoms with Crippen LogP contribution in [-0.2, 0) is 97.7 Å². The molecule has 2 saturated heterocycles. The lowest BCUT2D eigenvalue weighted by Crippen LogP contribution is -2.61. The van der Waals surface area contributed by atoms with Crippen molar-refractivity contribution in [2.45, 2.75) is 145 Å². The highest BCUT2D eigenvalue weighted by molar-refractivity contribution is 8.76. The molecule has 0 aliphatic carbocycles. The van der Waals surface area contributed by atoms with E-state index in [1.54, 1.807) is 76.7 Å². The average molecular weight is 1830 g/mol. The van der Waals surface area contributed by atoms with Gasteiger partial charge in [-0.2, -0.15) is 0 Å². The molecule has 2 heterocycles. The zero-order chi connectivity index (χ0) is 94.1. The number of aliphatic carboxylic acids is 2. The summed E-state index contributed by atoms with van der Waals surface area (Å²) in [5.41, 5.74) is 3.45. The Morgan fingerprint density at radius 1 is 0.550 bits per heavy atom. The van der Waals surface area contributed by atoms with Gasteiger partial charge in [0.2, 0.25) is 70.9 Å². The summed E-state index contributed by atoms with van der Waals surface area (Å²) in [4.78, 5) is 221. The SMILES string of the molecule is CNCCN(CCNC)CC(=O)CN[C@@H](CC(C)C)C(=O)N1CCC[C@H]1C(=O)N[C@H]1CSSC[C@@H](C(=O)N[C@@H](Cc2ccc(-c3ccccc3)cc2)C(=O)N[C@@H](CC(=O)O)C(=O)NCc2cccc(NC(=O)CN(CCNC)CCNC)c2)NC(=O)[C@H](C(C)O)NC(=O)CNC(=O)[C@H](Cc2ccc(O)cc2)NC(=O)[C@H](Cc2ccc(O)cc2)NC(=O)[C@H](CC(=O)O)NC1=O. The van der Waals surface area contributed by atoms with E-state index in [4.69, 9.17) is 0 Å². The number of likely N-dealkylation sites (N-methyl/N-ethyl adjacent to an activating group) is 4. The summed E-state index contributed by atoms with van der Waals surface area (Å²) < 4.78 is 0. The van der Waals surface area contributed by atoms with Crippen molar-refractivity contribution in [3.8, 4) is 22.6 Å². The van der Waals surface area contributed by atoms with E-state index in [0.29, 0.717) is 80.3 Å². The molecule has 129 heavy (non-hydrogen) atoms. The third-order valence-corrected chi connectivity index (χ3v) is 23.5. The smallest absolute Gasteiger partial charge is 0.305 e. The van der Waals surface area contributed by atoms with Gasteiger partial charge in [-0.1, -0.05) is 126 Å². The lowest BCUT2D eigenvalue weighted by atomic mass is 9.99. The first-order valence-corrected chi connectivity index (χ1v) is 45.2. The summed E-state index contributed by atoms with van der Waals surface area (Å²) in [5, 5.41) is 96.0. The Kier molecular flexibility index (Phi) is 44.2. The van der Waals surface area contributed by atoms with Crippen LogP contribution in [0.4, 0.5) is 5.69 Å². The van der Waals surface area contributed by atoms with E-state index in [1.165, 1.54) is 53.4 Å². The molecule has 0 spiro atoms. The number of hydrogen-bond donors (Lipinski definition) is 21. The Morgan fingerprint density at radius 2 is 1.11 bits per heavy atom. The van der Waals surface area contributed by atoms with Crippen LogP contribution < -0.4 is 85.1 Å². The number of ketones is 1. The lowest BCUT2D eigenvalue weighted by molar-refractivity contribution is -0.142. The van der Waals surface area contributed by atoms with Crippen LogP contribution in [-0.4, -0.2) is 320 Å². The Bertz CT molecular complexity index is 4550. The number of carbonyl (C=O) groups excluding carboxylic acids is 13. The molecule has 5 aromatic carbocycles. The molecule has 0 saturated carbocycles. The van der Waals surface area contributed by atoms with E-state index >= 15 is 19.2 Å². The number of carboxylic acids is 2. The van der Waals surface area contributed by atoms with Gasteiger partial charge in [-0.05, 0) is 130 Å². The summed E-state index contributed by atoms with van der Waals surface area (Å²) in [6, 6.07) is 16.3. The molecule has 39 nitrogen and oxygen atoms in total. The van der Waals surface area contributed by atoms with Gasteiger partial charge in [-0.3, -0.25) is 87.0 Å². The highest BCUT2D eigenvalue weighted by Gasteiger charge is 2.42. The summed E-state index contributed by atoms with van der Waals surface area (Å²) in [5.74, 6) is -16.9. The van der Waals surface area contributed by atoms with Gasteiger partial charge in [0.05, 0.1) is 51.2 Å². The number of nitrogens with one attached hydrogen (secondary N) is 16. The predicted octanol–water partition coefficient (Wildman–Crippen LogP) is -2.19. The normalized spacial score (nSPS) is 19.1. The van der Waals surface area contributed by atoms with Gasteiger partial charge >= 0.3 is 11.9 Å². The topological polar surface area (TPSA) is 559 Å². The van der Waals surface area contributed by atoms with Gasteiger partial charge in [0, 0.05) is 102 Å². The molecular weight excluding hydrogens is 1710 g/mol. The van der Waals surface area contributed by atoms with E-state index in [0.717, 1.165) is 39.6 Å². The Labute approximate surface area is 757 Å². The number of rotatable bonds is 44. The number of hydrogen-bond acceptors (Lipinski definition) is 27. The van der Waals surface area contributed by atoms with E-state index < -0.39 is 181 Å². The molecule has 2 aliphatic heterocycles. The fourth-order valence-corrected chi connectivity index (χ4v) is 16.5. The van der Waals surface area contributed by atoms with Gasteiger partial charge in [0.25, 0.3) is 0 Å². The highest BCUT2D eigenvalue weighted by atomic mass is 33.1. The molecule has 2 aliphatic rings. The number of amides is 12. The number of nitrogens with zero attached hydrogens (tertiary/aromatic N) is 3. The number of carbonyl (C=O) groups is 15. The second-order valence-corrected chi connectivity index (χ2v) is 34.5. The minimum atomic E-state index is -2.08. The summed E-state index contributed by atoms with van der Waals surface area (Å²) in [6.45, 7) is 8.42. The quantitative estimate of drug-likeness (QED) is 0.0184. The molecule has 11 atom stereocenters. The van der Waals surface area contributed by atoms with Crippen molar-refractivity contribution in [2.75, 3.05) is 130 Å². The molecule has 0 aromatic heterocycles. The first-order valence-electron chi connectivity index (χ1n) is 42.7. The second kappa shape index (κ2) is 54.6. The molecular formula is C88H123N19O20S2. The fourth-order valence-electron chi connectivity index (χ4n) is 14.1. The van der Waals surface area contributed by atoms with Crippen LogP contribution in [0.1, 0.15) is 75.1 Å². The van der Waals surface area contributed by atoms with Crippen LogP contribution in [0.5, 0.6) is 11.5 Å². The first-order chi connectivity index (χ1) is 61.7. The van der Waals surface area contributed by atoms with Crippen LogP contribution in [0, 0.1) is 5.92 Å². The van der Waals surface area contributed by atoms with Gasteiger partial charge in [-0.15, -0.1) is 0 Å². The molecule has 2 fully saturated rings. The highest BCUT2D eigenvalue weighted by Crippen LogP contribution is 2.27. The zero-order valence-electron chi connectivity index (χ0n) is 73.5. The van der Waals surface area contributed by atoms with Crippen LogP contribution in [0.3, 0.4) is 0 Å². The predicted molar refractivity (Wildman–Crippen MR) is 485 cm³/mol. The number of phenolic OH excluding ortho intramolecular Hbond substituents is 2. The number of aliphatic hydroxyl groups excluding tert-OH is 1. The number of carboxylic acid groups (broad SMARTS) is 2. The van der Waals surface area contributed by atoms with Gasteiger partial charge < -0.3 is 110 Å². The first kappa shape index (κ1) is 104. The standard InChI is InChI=1S/C88H123N19O20S2/c1-53(2)39-70(93-47-64(111)49-105(35-30-89-4)36-31-90-5)88(127)107-34-12-17-73(107)86(125)102-71-51-128-129-52-72(103-87(126)78(54(3)108)104-74(112)48-95-79(118)65(41-56-20-26-62(109)27-21-56)97-81(120)66(43-57-22-28-63(110)29-23-57)98-83(122)69(45-77(116)117)101-84(71)123)85(124)99-67(42-55-18-24-60(25-19-55)59-14-9-8-10-15-59)82(121)100-68(44-76(114)115)80(119)94-46-58-13-11-16-61(40-58)96-75(113)50-106(37-32-91-6)38-33-92-7/h8-11,13-16,18-29,40,53-54,65-73,78,89-93,108-110H,12,17,30-39,41-52H2,1-7H3,(H,94,119)(H,95,118)(H,96,113)(H,97,120)(H,98,122)(H,99,124)(H,100,121)(H,101,123)(H,102,125)(H,103,126)(H,104,112)(H,114,115)(H,116,117)/t54?,65-,66-,67-,68-,69-,70-,71-,72-,73-,78-/m0/s1. The van der Waals surface area contributed by atoms with Gasteiger partial charge in [0.15, 0.2) is 5.78 Å². The van der Waals surface area contributed by atoms with Crippen molar-refractivity contribution in [3.63, 3.8) is 0 Å². The maximum absolute atomic E-state index is 15.5. The maximum Gasteiger partial charge on any atom is 0.305 e. The van der Waals surface area contributed by atoms with Crippen LogP contribution in [0.15, 0.2) is 127 Å². The maximum atomic E-state index is 15.5. The average Bonchev–Trinajstić information content (AvgIpc) is 1.77. The van der Waals surface area contributed by atoms with E-state index in [-0.39, 0.29) is 93.9 Å². The molecule has 1 unspecified atom stereocenters. The van der Waals surface area contributed by atoms with Crippen molar-refractivity contribution < 1.29 is 97.5 Å². The number of benzene rings is 5. The number of Topliss-reactive ketones (excluding diaryl/α,β-unsaturated/α-hetero) is 1. The van der Waals surface area contributed by atoms with Crippen LogP contribution >= 0.6 is 21.6 Å². The Balaban J connectivity index is 1.26. The number of likely N-dealkylation sites (tertiary alicyclic amines) is 1. The van der Waals surface area contributed by atoms with Crippen LogP contribution in [0.25, 0.3) is 11.1 Å². The Hall–Kier alpha value is -11.7. The van der Waals surface area contributed by atoms with Crippen molar-refractivity contribution in [1.29, 1.82) is 0 Å². The van der Waals surface area contributed by atoms with Gasteiger partial charge in [-0.25, -0.2) is 0 Å². The summed E-state index contributed by atoms with van der Waals surface area (Å²) >= 11 is 0. The largest absolute Gasteiger partial charge is 0.508 e. The number of anilines is 1. The minimum absolute atomic E-state index is 0.0532. The number of phenols is 2. The molecule has 12 amide bonds. The molecule has 0 bridgehead atoms. The summed E-state index contributed by atoms with van der Waals surface area (Å²) in [7, 11) is 8.71. The Morgan fingerprint density at radius 3 is 1.68 bits per heavy atom. The third kappa shape index (κ3) is 36.4. The van der Waals surface area contributed by atoms with E-state index in [2.05, 4.69) is 85.1 Å². The minimum Gasteiger partial charge on any atom is -0.508 e. The molecule has 7 rings (SSSR count). The van der Waals surface area contributed by atoms with Crippen molar-refractivity contribution in [1.82, 2.24) is 94.5 Å². The molecule has 702 valence electrons. The van der Waals surface area contributed by atoms with Crippen molar-refractivity contribution in [3.05, 3.63) is 150 Å². The lowest BCUT2D eigenvalue weighted by Gasteiger charge is -2.31. The molecule has 0 radical (unpaired) electrons. The number of aliphatic hydroxyl groups is 1. The van der Waals surface area contributed by atoms with Crippen LogP contribution in [0.2, 0.25) is 0 Å². The van der Waals surface area contributed by atoms with Crippen molar-refractivity contribution >= 4 is 116 Å². The zero-order valence-corrected chi connectivity index (χ0v) is 75.2. The monoisotopic (exact) mass is 1830 g/mol. The van der Waals surface area contributed by atoms with Crippen molar-refractivity contribution in [2.24, 2.45) is 5.92 Å². The van der Waals surface area contributed by atoms with E-state index in [9.17, 15) is 78.3 Å². The molecule has 21 N–H and O–H groups in total. The molecule has 5 aromatic rings.